The second kappa shape index (κ2) is 16.2. The maximum atomic E-state index is 14.8. The van der Waals surface area contributed by atoms with Crippen LogP contribution in [0.5, 0.6) is 0 Å². The highest BCUT2D eigenvalue weighted by Gasteiger charge is 2.70. The van der Waals surface area contributed by atoms with Crippen LogP contribution in [0.1, 0.15) is 106 Å². The molecule has 4 aliphatic rings. The summed E-state index contributed by atoms with van der Waals surface area (Å²) in [5.41, 5.74) is -1.13. The number of hydrogen-bond donors (Lipinski definition) is 4. The number of carbonyl (C=O) groups is 6. The molecular weight excluding hydrogens is 648 g/mol. The molecule has 0 aromatic heterocycles. The van der Waals surface area contributed by atoms with Gasteiger partial charge in [0.2, 0.25) is 23.5 Å². The second-order valence-corrected chi connectivity index (χ2v) is 17.0. The van der Waals surface area contributed by atoms with Gasteiger partial charge in [-0.1, -0.05) is 66.9 Å². The molecule has 282 valence electrons. The highest BCUT2D eigenvalue weighted by Crippen LogP contribution is 2.65. The Bertz CT molecular complexity index is 1410. The number of Topliss-reactive ketones (excluding diaryl/α,β-unsaturated/α-hetero) is 1. The fourth-order valence-electron chi connectivity index (χ4n) is 8.47. The number of nitrogens with one attached hydrogen (secondary N) is 4. The lowest BCUT2D eigenvalue weighted by Crippen LogP contribution is -2.64. The first-order valence-corrected chi connectivity index (χ1v) is 18.8. The molecule has 2 saturated carbocycles. The molecule has 2 aliphatic heterocycles. The molecule has 2 saturated heterocycles. The molecule has 0 aromatic rings. The Hall–Kier alpha value is -3.88. The van der Waals surface area contributed by atoms with Crippen molar-refractivity contribution in [2.24, 2.45) is 28.1 Å². The lowest BCUT2D eigenvalue weighted by atomic mass is 9.70. The summed E-state index contributed by atoms with van der Waals surface area (Å²) in [7, 11) is 0. The maximum absolute atomic E-state index is 14.8. The summed E-state index contributed by atoms with van der Waals surface area (Å²) in [4.78, 5) is 84.7. The van der Waals surface area contributed by atoms with E-state index in [9.17, 15) is 28.8 Å². The van der Waals surface area contributed by atoms with Gasteiger partial charge in [0.25, 0.3) is 5.91 Å². The van der Waals surface area contributed by atoms with E-state index in [0.717, 1.165) is 44.9 Å². The summed E-state index contributed by atoms with van der Waals surface area (Å²) < 4.78 is 0. The van der Waals surface area contributed by atoms with Crippen molar-refractivity contribution in [2.45, 2.75) is 130 Å². The molecule has 12 heteroatoms. The Morgan fingerprint density at radius 3 is 2.31 bits per heavy atom. The van der Waals surface area contributed by atoms with Crippen LogP contribution in [0.4, 0.5) is 4.79 Å². The monoisotopic (exact) mass is 708 g/mol. The minimum Gasteiger partial charge on any atom is -0.346 e. The van der Waals surface area contributed by atoms with Crippen molar-refractivity contribution in [1.29, 1.82) is 0 Å². The Morgan fingerprint density at radius 2 is 1.71 bits per heavy atom. The number of piperidine rings is 2. The molecule has 6 atom stereocenters. The van der Waals surface area contributed by atoms with Crippen LogP contribution in [0.25, 0.3) is 0 Å². The topological polar surface area (TPSA) is 157 Å². The van der Waals surface area contributed by atoms with Gasteiger partial charge in [-0.05, 0) is 60.2 Å². The zero-order valence-corrected chi connectivity index (χ0v) is 31.6. The van der Waals surface area contributed by atoms with E-state index in [0.29, 0.717) is 26.1 Å². The van der Waals surface area contributed by atoms with E-state index in [2.05, 4.69) is 47.6 Å². The van der Waals surface area contributed by atoms with Crippen LogP contribution in [0.3, 0.4) is 0 Å². The first kappa shape index (κ1) is 39.9. The summed E-state index contributed by atoms with van der Waals surface area (Å²) in [5, 5.41) is 11.4. The van der Waals surface area contributed by atoms with Crippen molar-refractivity contribution in [2.75, 3.05) is 26.2 Å². The average Bonchev–Trinajstić information content (AvgIpc) is 3.38. The normalized spacial score (nSPS) is 25.3. The highest BCUT2D eigenvalue weighted by atomic mass is 16.2. The third kappa shape index (κ3) is 9.14. The van der Waals surface area contributed by atoms with Crippen molar-refractivity contribution in [3.05, 3.63) is 12.7 Å². The molecule has 4 N–H and O–H groups in total. The van der Waals surface area contributed by atoms with E-state index in [1.54, 1.807) is 4.90 Å². The van der Waals surface area contributed by atoms with Crippen molar-refractivity contribution < 1.29 is 28.8 Å². The van der Waals surface area contributed by atoms with Gasteiger partial charge >= 0.3 is 6.03 Å². The second-order valence-electron chi connectivity index (χ2n) is 17.0. The van der Waals surface area contributed by atoms with Crippen molar-refractivity contribution >= 4 is 35.4 Å². The first-order chi connectivity index (χ1) is 24.0. The van der Waals surface area contributed by atoms with Gasteiger partial charge in [0.05, 0.1) is 12.1 Å². The van der Waals surface area contributed by atoms with Crippen LogP contribution < -0.4 is 21.3 Å². The molecule has 1 unspecified atom stereocenters. The lowest BCUT2D eigenvalue weighted by Gasteiger charge is -2.44. The zero-order valence-electron chi connectivity index (χ0n) is 31.6. The van der Waals surface area contributed by atoms with Crippen molar-refractivity contribution in [1.82, 2.24) is 31.1 Å². The number of amides is 6. The Balaban J connectivity index is 1.58. The number of nitrogens with zero attached hydrogens (tertiary/aromatic N) is 2. The van der Waals surface area contributed by atoms with Crippen molar-refractivity contribution in [3.8, 4) is 12.3 Å². The van der Waals surface area contributed by atoms with E-state index in [1.165, 1.54) is 6.08 Å². The van der Waals surface area contributed by atoms with Gasteiger partial charge in [0, 0.05) is 39.0 Å². The SMILES string of the molecule is C#CCCC(NC(=O)[C@@H]1[C@@H]2[C@H](CN1C(=O)[C@@H](NC(=O)N[C@H](CN1CCCCC1=O)C(C)(C)C)C1(C)CCCCC1)C2(C)C)C(=O)C(=O)NCC=C. The van der Waals surface area contributed by atoms with Crippen LogP contribution >= 0.6 is 0 Å². The maximum Gasteiger partial charge on any atom is 0.315 e. The minimum atomic E-state index is -1.16. The number of likely N-dealkylation sites (tertiary alicyclic amines) is 2. The fourth-order valence-corrected chi connectivity index (χ4v) is 8.47. The number of terminal acetylenes is 1. The number of hydrogen-bond acceptors (Lipinski definition) is 6. The van der Waals surface area contributed by atoms with Gasteiger partial charge in [-0.25, -0.2) is 4.79 Å². The molecule has 12 nitrogen and oxygen atoms in total. The molecule has 2 heterocycles. The summed E-state index contributed by atoms with van der Waals surface area (Å²) >= 11 is 0. The Labute approximate surface area is 304 Å². The predicted octanol–water partition coefficient (Wildman–Crippen LogP) is 3.30. The zero-order chi connectivity index (χ0) is 37.7. The van der Waals surface area contributed by atoms with Crippen molar-refractivity contribution in [3.63, 3.8) is 0 Å². The predicted molar refractivity (Wildman–Crippen MR) is 195 cm³/mol. The van der Waals surface area contributed by atoms with Crippen LogP contribution in [-0.4, -0.2) is 95.6 Å². The third-order valence-electron chi connectivity index (χ3n) is 12.0. The van der Waals surface area contributed by atoms with E-state index in [-0.39, 0.29) is 59.9 Å². The molecule has 0 radical (unpaired) electrons. The van der Waals surface area contributed by atoms with Gasteiger partial charge < -0.3 is 31.1 Å². The van der Waals surface area contributed by atoms with Crippen LogP contribution in [0.15, 0.2) is 12.7 Å². The van der Waals surface area contributed by atoms with E-state index >= 15 is 0 Å². The molecule has 0 aromatic carbocycles. The molecule has 51 heavy (non-hydrogen) atoms. The summed E-state index contributed by atoms with van der Waals surface area (Å²) in [6, 6.07) is -3.81. The standard InChI is InChI=1S/C39H60N6O6/c1-9-11-17-26(31(47)34(49)40-21-10-2)41-33(48)30-29-25(38(29,6)7)23-45(30)35(50)32(39(8)19-14-12-15-20-39)43-36(51)42-27(37(3,4)5)24-44-22-16-13-18-28(44)46/h1,10,25-27,29-30,32H,2,11-24H2,3-8H3,(H,40,49)(H,41,48)(H2,42,43,51)/t25-,26?,27+,29-,30-,32+/m0/s1. The Kier molecular flexibility index (Phi) is 12.7. The highest BCUT2D eigenvalue weighted by molar-refractivity contribution is 6.38. The number of ketones is 1. The summed E-state index contributed by atoms with van der Waals surface area (Å²) in [6.45, 7) is 17.3. The summed E-state index contributed by atoms with van der Waals surface area (Å²) in [6.07, 6.45) is 13.8. The van der Waals surface area contributed by atoms with E-state index in [1.807, 2.05) is 32.6 Å². The quantitative estimate of drug-likeness (QED) is 0.123. The van der Waals surface area contributed by atoms with Gasteiger partial charge in [-0.2, -0.15) is 0 Å². The van der Waals surface area contributed by atoms with Crippen LogP contribution in [-0.2, 0) is 24.0 Å². The Morgan fingerprint density at radius 1 is 1.02 bits per heavy atom. The molecule has 0 spiro atoms. The first-order valence-electron chi connectivity index (χ1n) is 18.8. The number of fused-ring (bicyclic) bond motifs is 1. The lowest BCUT2D eigenvalue weighted by molar-refractivity contribution is -0.146. The van der Waals surface area contributed by atoms with Gasteiger partial charge in [-0.15, -0.1) is 18.9 Å². The summed E-state index contributed by atoms with van der Waals surface area (Å²) in [5.74, 6) is -0.0258. The molecule has 2 aliphatic carbocycles. The molecule has 4 rings (SSSR count). The van der Waals surface area contributed by atoms with Crippen LogP contribution in [0, 0.1) is 40.4 Å². The number of rotatable bonds is 14. The van der Waals surface area contributed by atoms with E-state index in [4.69, 9.17) is 6.42 Å². The smallest absolute Gasteiger partial charge is 0.315 e. The fraction of sp³-hybridized carbons (Fsp3) is 0.744. The molecular formula is C39H60N6O6. The molecule has 0 bridgehead atoms. The average molecular weight is 709 g/mol. The molecule has 6 amide bonds. The van der Waals surface area contributed by atoms with Gasteiger partial charge in [0.1, 0.15) is 12.1 Å². The van der Waals surface area contributed by atoms with Gasteiger partial charge in [-0.3, -0.25) is 24.0 Å². The van der Waals surface area contributed by atoms with Crippen LogP contribution in [0.2, 0.25) is 0 Å². The van der Waals surface area contributed by atoms with E-state index < -0.39 is 47.2 Å². The minimum absolute atomic E-state index is 0.0638. The number of carbonyl (C=O) groups excluding carboxylic acids is 6. The number of urea groups is 1. The molecule has 4 fully saturated rings. The largest absolute Gasteiger partial charge is 0.346 e. The third-order valence-corrected chi connectivity index (χ3v) is 12.0. The van der Waals surface area contributed by atoms with Gasteiger partial charge in [0.15, 0.2) is 0 Å².